The van der Waals surface area contributed by atoms with Crippen LogP contribution in [0.3, 0.4) is 0 Å². The number of rotatable bonds is 5. The molecule has 0 spiro atoms. The molecule has 0 bridgehead atoms. The van der Waals surface area contributed by atoms with E-state index in [1.165, 1.54) is 11.3 Å². The number of benzene rings is 2. The van der Waals surface area contributed by atoms with E-state index in [0.29, 0.717) is 21.3 Å². The predicted molar refractivity (Wildman–Crippen MR) is 126 cm³/mol. The van der Waals surface area contributed by atoms with Crippen molar-refractivity contribution in [3.05, 3.63) is 80.3 Å². The molecule has 2 N–H and O–H groups in total. The molecule has 31 heavy (non-hydrogen) atoms. The molecule has 1 aliphatic rings. The van der Waals surface area contributed by atoms with Crippen molar-refractivity contribution in [1.29, 1.82) is 0 Å². The zero-order valence-electron chi connectivity index (χ0n) is 16.9. The van der Waals surface area contributed by atoms with E-state index in [1.807, 2.05) is 24.3 Å². The van der Waals surface area contributed by atoms with Crippen molar-refractivity contribution >= 4 is 52.8 Å². The van der Waals surface area contributed by atoms with Crippen LogP contribution in [0.5, 0.6) is 0 Å². The van der Waals surface area contributed by atoms with Gasteiger partial charge in [-0.15, -0.1) is 23.7 Å². The molecular weight excluding hydrogens is 455 g/mol. The van der Waals surface area contributed by atoms with E-state index in [0.717, 1.165) is 35.6 Å². The van der Waals surface area contributed by atoms with Gasteiger partial charge in [0.25, 0.3) is 11.8 Å². The average Bonchev–Trinajstić information content (AvgIpc) is 3.17. The second-order valence-electron chi connectivity index (χ2n) is 7.18. The van der Waals surface area contributed by atoms with E-state index < -0.39 is 0 Å². The topological polar surface area (TPSA) is 74.3 Å². The van der Waals surface area contributed by atoms with E-state index in [4.69, 9.17) is 11.6 Å². The number of nitrogens with zero attached hydrogens (tertiary/aromatic N) is 2. The number of likely N-dealkylation sites (N-methyl/N-ethyl adjacent to an activating group) is 1. The van der Waals surface area contributed by atoms with Gasteiger partial charge in [-0.25, -0.2) is 4.98 Å². The van der Waals surface area contributed by atoms with Gasteiger partial charge < -0.3 is 15.5 Å². The van der Waals surface area contributed by atoms with Crippen molar-refractivity contribution in [1.82, 2.24) is 15.2 Å². The number of carbonyl (C=O) groups excluding carboxylic acids is 2. The highest BCUT2D eigenvalue weighted by atomic mass is 35.5. The Morgan fingerprint density at radius 1 is 1.13 bits per heavy atom. The van der Waals surface area contributed by atoms with Crippen molar-refractivity contribution in [3.8, 4) is 0 Å². The lowest BCUT2D eigenvalue weighted by molar-refractivity contribution is 0.0950. The Kier molecular flexibility index (Phi) is 7.67. The van der Waals surface area contributed by atoms with Crippen LogP contribution in [0.15, 0.2) is 48.5 Å². The average molecular weight is 477 g/mol. The van der Waals surface area contributed by atoms with Crippen LogP contribution in [0.4, 0.5) is 5.69 Å². The first-order valence-corrected chi connectivity index (χ1v) is 10.8. The SMILES string of the molecule is CN1CCc2nc(C(=O)Nc3ccccc3CNC(=O)c3ccc(Cl)cc3)sc2C1.Cl. The maximum atomic E-state index is 12.8. The van der Waals surface area contributed by atoms with Crippen LogP contribution in [0.1, 0.15) is 36.3 Å². The number of thiazole rings is 1. The van der Waals surface area contributed by atoms with Crippen LogP contribution in [-0.4, -0.2) is 35.3 Å². The molecule has 4 rings (SSSR count). The van der Waals surface area contributed by atoms with Gasteiger partial charge in [0.2, 0.25) is 0 Å². The predicted octanol–water partition coefficient (Wildman–Crippen LogP) is 4.39. The number of carbonyl (C=O) groups is 2. The number of para-hydroxylation sites is 1. The lowest BCUT2D eigenvalue weighted by atomic mass is 10.1. The van der Waals surface area contributed by atoms with E-state index >= 15 is 0 Å². The van der Waals surface area contributed by atoms with Crippen LogP contribution < -0.4 is 10.6 Å². The Balaban J connectivity index is 0.00000272. The second kappa shape index (κ2) is 10.2. The van der Waals surface area contributed by atoms with Crippen LogP contribution in [0.25, 0.3) is 0 Å². The molecular formula is C22H22Cl2N4O2S. The van der Waals surface area contributed by atoms with Gasteiger partial charge in [-0.1, -0.05) is 29.8 Å². The molecule has 0 fully saturated rings. The molecule has 2 heterocycles. The third kappa shape index (κ3) is 5.62. The highest BCUT2D eigenvalue weighted by Crippen LogP contribution is 2.25. The largest absolute Gasteiger partial charge is 0.348 e. The molecule has 1 aromatic heterocycles. The fourth-order valence-corrected chi connectivity index (χ4v) is 4.48. The quantitative estimate of drug-likeness (QED) is 0.572. The molecule has 2 amide bonds. The number of amides is 2. The molecule has 2 aromatic carbocycles. The standard InChI is InChI=1S/C22H21ClN4O2S.ClH/c1-27-11-10-18-19(13-27)30-22(26-18)21(29)25-17-5-3-2-4-15(17)12-24-20(28)14-6-8-16(23)9-7-14;/h2-9H,10-13H2,1H3,(H,24,28)(H,25,29);1H. The summed E-state index contributed by atoms with van der Waals surface area (Å²) in [4.78, 5) is 33.1. The number of fused-ring (bicyclic) bond motifs is 1. The molecule has 0 saturated carbocycles. The van der Waals surface area contributed by atoms with Gasteiger partial charge in [0.15, 0.2) is 5.01 Å². The van der Waals surface area contributed by atoms with Crippen LogP contribution in [0.2, 0.25) is 5.02 Å². The zero-order chi connectivity index (χ0) is 21.1. The summed E-state index contributed by atoms with van der Waals surface area (Å²) in [6, 6.07) is 14.1. The van der Waals surface area contributed by atoms with Crippen molar-refractivity contribution in [3.63, 3.8) is 0 Å². The number of nitrogens with one attached hydrogen (secondary N) is 2. The van der Waals surface area contributed by atoms with E-state index in [1.54, 1.807) is 24.3 Å². The Morgan fingerprint density at radius 3 is 2.65 bits per heavy atom. The summed E-state index contributed by atoms with van der Waals surface area (Å²) < 4.78 is 0. The van der Waals surface area contributed by atoms with E-state index in [9.17, 15) is 9.59 Å². The number of halogens is 2. The van der Waals surface area contributed by atoms with Crippen LogP contribution in [0, 0.1) is 0 Å². The van der Waals surface area contributed by atoms with Gasteiger partial charge in [0.05, 0.1) is 5.69 Å². The Bertz CT molecular complexity index is 1090. The Hall–Kier alpha value is -2.45. The number of anilines is 1. The third-order valence-corrected chi connectivity index (χ3v) is 6.26. The second-order valence-corrected chi connectivity index (χ2v) is 8.70. The van der Waals surface area contributed by atoms with Gasteiger partial charge in [-0.3, -0.25) is 9.59 Å². The summed E-state index contributed by atoms with van der Waals surface area (Å²) in [5.74, 6) is -0.432. The minimum atomic E-state index is -0.228. The first-order chi connectivity index (χ1) is 14.5. The van der Waals surface area contributed by atoms with Gasteiger partial charge in [-0.05, 0) is 42.9 Å². The number of aromatic nitrogens is 1. The highest BCUT2D eigenvalue weighted by molar-refractivity contribution is 7.13. The molecule has 9 heteroatoms. The highest BCUT2D eigenvalue weighted by Gasteiger charge is 2.21. The molecule has 1 aliphatic heterocycles. The molecule has 162 valence electrons. The normalized spacial score (nSPS) is 13.1. The molecule has 0 aliphatic carbocycles. The lowest BCUT2D eigenvalue weighted by Gasteiger charge is -2.20. The van der Waals surface area contributed by atoms with Crippen molar-refractivity contribution in [2.24, 2.45) is 0 Å². The maximum absolute atomic E-state index is 12.8. The summed E-state index contributed by atoms with van der Waals surface area (Å²) in [6.45, 7) is 2.07. The van der Waals surface area contributed by atoms with Crippen LogP contribution >= 0.6 is 35.3 Å². The molecule has 0 radical (unpaired) electrons. The van der Waals surface area contributed by atoms with Gasteiger partial charge in [0, 0.05) is 47.2 Å². The van der Waals surface area contributed by atoms with Gasteiger partial charge in [-0.2, -0.15) is 0 Å². The number of hydrogen-bond donors (Lipinski definition) is 2. The summed E-state index contributed by atoms with van der Waals surface area (Å²) >= 11 is 7.31. The number of hydrogen-bond acceptors (Lipinski definition) is 5. The maximum Gasteiger partial charge on any atom is 0.284 e. The first-order valence-electron chi connectivity index (χ1n) is 9.60. The lowest BCUT2D eigenvalue weighted by Crippen LogP contribution is -2.25. The van der Waals surface area contributed by atoms with E-state index in [2.05, 4.69) is 27.6 Å². The van der Waals surface area contributed by atoms with Crippen molar-refractivity contribution in [2.75, 3.05) is 18.9 Å². The molecule has 0 saturated heterocycles. The monoisotopic (exact) mass is 476 g/mol. The fraction of sp³-hybridized carbons (Fsp3) is 0.227. The first kappa shape index (κ1) is 23.2. The van der Waals surface area contributed by atoms with Crippen molar-refractivity contribution in [2.45, 2.75) is 19.5 Å². The summed E-state index contributed by atoms with van der Waals surface area (Å²) in [5, 5.41) is 6.87. The zero-order valence-corrected chi connectivity index (χ0v) is 19.2. The van der Waals surface area contributed by atoms with E-state index in [-0.39, 0.29) is 30.8 Å². The van der Waals surface area contributed by atoms with Crippen molar-refractivity contribution < 1.29 is 9.59 Å². The van der Waals surface area contributed by atoms with Gasteiger partial charge in [0.1, 0.15) is 0 Å². The summed E-state index contributed by atoms with van der Waals surface area (Å²) in [6.07, 6.45) is 0.864. The summed E-state index contributed by atoms with van der Waals surface area (Å²) in [7, 11) is 2.07. The molecule has 3 aromatic rings. The molecule has 0 unspecified atom stereocenters. The third-order valence-electron chi connectivity index (χ3n) is 4.93. The molecule has 0 atom stereocenters. The smallest absolute Gasteiger partial charge is 0.284 e. The fourth-order valence-electron chi connectivity index (χ4n) is 3.27. The Morgan fingerprint density at radius 2 is 1.87 bits per heavy atom. The minimum absolute atomic E-state index is 0. The molecule has 6 nitrogen and oxygen atoms in total. The van der Waals surface area contributed by atoms with Gasteiger partial charge >= 0.3 is 0 Å². The minimum Gasteiger partial charge on any atom is -0.348 e. The van der Waals surface area contributed by atoms with Crippen LogP contribution in [-0.2, 0) is 19.5 Å². The summed E-state index contributed by atoms with van der Waals surface area (Å²) in [5.41, 5.74) is 3.02. The Labute approximate surface area is 196 Å².